The third kappa shape index (κ3) is 3.33. The summed E-state index contributed by atoms with van der Waals surface area (Å²) in [7, 11) is 0. The van der Waals surface area contributed by atoms with Crippen LogP contribution in [0.4, 0.5) is 0 Å². The SMILES string of the molecule is O=C(O)c1csc(CCNC(=O)c2cccc3ccc(=O)[nH]c23)n1. The maximum Gasteiger partial charge on any atom is 0.355 e. The van der Waals surface area contributed by atoms with Gasteiger partial charge in [-0.15, -0.1) is 11.3 Å². The second-order valence-electron chi connectivity index (χ2n) is 5.03. The molecule has 0 atom stereocenters. The van der Waals surface area contributed by atoms with E-state index in [1.807, 2.05) is 6.07 Å². The number of aromatic nitrogens is 2. The third-order valence-electron chi connectivity index (χ3n) is 3.40. The number of para-hydroxylation sites is 1. The highest BCUT2D eigenvalue weighted by atomic mass is 32.1. The Morgan fingerprint density at radius 1 is 1.25 bits per heavy atom. The van der Waals surface area contributed by atoms with Gasteiger partial charge in [-0.2, -0.15) is 0 Å². The molecule has 7 nitrogen and oxygen atoms in total. The van der Waals surface area contributed by atoms with Gasteiger partial charge in [-0.25, -0.2) is 9.78 Å². The van der Waals surface area contributed by atoms with Crippen molar-refractivity contribution in [2.45, 2.75) is 6.42 Å². The summed E-state index contributed by atoms with van der Waals surface area (Å²) in [5, 5.41) is 14.5. The van der Waals surface area contributed by atoms with Crippen LogP contribution >= 0.6 is 11.3 Å². The molecule has 3 aromatic rings. The lowest BCUT2D eigenvalue weighted by molar-refractivity contribution is 0.0690. The first-order valence-electron chi connectivity index (χ1n) is 7.12. The number of nitrogens with one attached hydrogen (secondary N) is 2. The van der Waals surface area contributed by atoms with Gasteiger partial charge in [-0.1, -0.05) is 12.1 Å². The number of aromatic carboxylic acids is 1. The molecule has 122 valence electrons. The second kappa shape index (κ2) is 6.63. The highest BCUT2D eigenvalue weighted by Crippen LogP contribution is 2.15. The van der Waals surface area contributed by atoms with E-state index < -0.39 is 5.97 Å². The number of benzene rings is 1. The molecule has 8 heteroatoms. The number of fused-ring (bicyclic) bond motifs is 1. The van der Waals surface area contributed by atoms with E-state index in [9.17, 15) is 14.4 Å². The molecule has 0 fully saturated rings. The van der Waals surface area contributed by atoms with Crippen molar-refractivity contribution in [1.82, 2.24) is 15.3 Å². The van der Waals surface area contributed by atoms with Crippen LogP contribution in [0.5, 0.6) is 0 Å². The molecular weight excluding hydrogens is 330 g/mol. The molecule has 0 aliphatic carbocycles. The van der Waals surface area contributed by atoms with Crippen LogP contribution in [0.1, 0.15) is 25.9 Å². The fraction of sp³-hybridized carbons (Fsp3) is 0.125. The number of hydrogen-bond donors (Lipinski definition) is 3. The van der Waals surface area contributed by atoms with Crippen molar-refractivity contribution in [1.29, 1.82) is 0 Å². The van der Waals surface area contributed by atoms with E-state index in [-0.39, 0.29) is 17.2 Å². The molecule has 0 spiro atoms. The van der Waals surface area contributed by atoms with E-state index >= 15 is 0 Å². The van der Waals surface area contributed by atoms with Gasteiger partial charge in [0.05, 0.1) is 16.1 Å². The van der Waals surface area contributed by atoms with E-state index in [1.165, 1.54) is 22.8 Å². The fourth-order valence-corrected chi connectivity index (χ4v) is 3.04. The van der Waals surface area contributed by atoms with Crippen molar-refractivity contribution in [3.8, 4) is 0 Å². The average Bonchev–Trinajstić information content (AvgIpc) is 3.03. The molecule has 0 saturated carbocycles. The molecule has 0 saturated heterocycles. The number of carbonyl (C=O) groups is 2. The van der Waals surface area contributed by atoms with Gasteiger partial charge in [0, 0.05) is 24.4 Å². The first-order chi connectivity index (χ1) is 11.5. The first kappa shape index (κ1) is 15.9. The average molecular weight is 343 g/mol. The molecule has 0 radical (unpaired) electrons. The minimum Gasteiger partial charge on any atom is -0.476 e. The number of amides is 1. The molecule has 3 rings (SSSR count). The topological polar surface area (TPSA) is 112 Å². The van der Waals surface area contributed by atoms with E-state index in [1.54, 1.807) is 18.2 Å². The number of thiazole rings is 1. The predicted octanol–water partition coefficient (Wildman–Crippen LogP) is 1.66. The van der Waals surface area contributed by atoms with E-state index in [0.717, 1.165) is 5.39 Å². The molecule has 3 N–H and O–H groups in total. The van der Waals surface area contributed by atoms with Crippen LogP contribution in [0.3, 0.4) is 0 Å². The van der Waals surface area contributed by atoms with Crippen molar-refractivity contribution in [2.24, 2.45) is 0 Å². The van der Waals surface area contributed by atoms with Crippen molar-refractivity contribution in [3.05, 3.63) is 62.3 Å². The summed E-state index contributed by atoms with van der Waals surface area (Å²) in [6, 6.07) is 8.26. The largest absolute Gasteiger partial charge is 0.476 e. The molecule has 1 aromatic carbocycles. The Morgan fingerprint density at radius 2 is 2.08 bits per heavy atom. The van der Waals surface area contributed by atoms with Crippen molar-refractivity contribution in [2.75, 3.05) is 6.54 Å². The van der Waals surface area contributed by atoms with Gasteiger partial charge in [0.25, 0.3) is 5.91 Å². The van der Waals surface area contributed by atoms with Crippen LogP contribution < -0.4 is 10.9 Å². The van der Waals surface area contributed by atoms with Crippen LogP contribution in [0.2, 0.25) is 0 Å². The molecule has 0 unspecified atom stereocenters. The number of rotatable bonds is 5. The van der Waals surface area contributed by atoms with Gasteiger partial charge < -0.3 is 15.4 Å². The standard InChI is InChI=1S/C16H13N3O4S/c20-12-5-4-9-2-1-3-10(14(9)19-12)15(21)17-7-6-13-18-11(8-24-13)16(22)23/h1-5,8H,6-7H2,(H,17,21)(H,19,20)(H,22,23). The number of carbonyl (C=O) groups excluding carboxylic acids is 1. The summed E-state index contributed by atoms with van der Waals surface area (Å²) >= 11 is 1.24. The summed E-state index contributed by atoms with van der Waals surface area (Å²) in [6.07, 6.45) is 0.435. The Balaban J connectivity index is 1.70. The lowest BCUT2D eigenvalue weighted by Gasteiger charge is -2.07. The molecular formula is C16H13N3O4S. The molecule has 0 aliphatic rings. The summed E-state index contributed by atoms with van der Waals surface area (Å²) in [5.74, 6) is -1.38. The number of nitrogens with zero attached hydrogens (tertiary/aromatic N) is 1. The zero-order chi connectivity index (χ0) is 17.1. The van der Waals surface area contributed by atoms with Crippen molar-refractivity contribution < 1.29 is 14.7 Å². The molecule has 24 heavy (non-hydrogen) atoms. The molecule has 2 heterocycles. The summed E-state index contributed by atoms with van der Waals surface area (Å²) in [4.78, 5) is 41.2. The van der Waals surface area contributed by atoms with E-state index in [4.69, 9.17) is 5.11 Å². The Labute approximate surface area is 140 Å². The predicted molar refractivity (Wildman–Crippen MR) is 89.7 cm³/mol. The van der Waals surface area contributed by atoms with Crippen LogP contribution in [0.15, 0.2) is 40.5 Å². The number of pyridine rings is 1. The molecule has 2 aromatic heterocycles. The maximum atomic E-state index is 12.3. The zero-order valence-corrected chi connectivity index (χ0v) is 13.2. The van der Waals surface area contributed by atoms with Crippen LogP contribution in [-0.4, -0.2) is 33.5 Å². The smallest absolute Gasteiger partial charge is 0.355 e. The first-order valence-corrected chi connectivity index (χ1v) is 8.00. The quantitative estimate of drug-likeness (QED) is 0.652. The van der Waals surface area contributed by atoms with Gasteiger partial charge in [0.15, 0.2) is 5.69 Å². The van der Waals surface area contributed by atoms with E-state index in [0.29, 0.717) is 29.1 Å². The van der Waals surface area contributed by atoms with Crippen LogP contribution in [0, 0.1) is 0 Å². The fourth-order valence-electron chi connectivity index (χ4n) is 2.27. The number of hydrogen-bond acceptors (Lipinski definition) is 5. The van der Waals surface area contributed by atoms with Crippen LogP contribution in [-0.2, 0) is 6.42 Å². The van der Waals surface area contributed by atoms with Gasteiger partial charge in [0.1, 0.15) is 0 Å². The number of carboxylic acid groups (broad SMARTS) is 1. The number of carboxylic acids is 1. The maximum absolute atomic E-state index is 12.3. The Morgan fingerprint density at radius 3 is 2.83 bits per heavy atom. The summed E-state index contributed by atoms with van der Waals surface area (Å²) in [5.41, 5.74) is 0.611. The second-order valence-corrected chi connectivity index (χ2v) is 5.97. The summed E-state index contributed by atoms with van der Waals surface area (Å²) < 4.78 is 0. The lowest BCUT2D eigenvalue weighted by Crippen LogP contribution is -2.26. The molecule has 1 amide bonds. The van der Waals surface area contributed by atoms with Gasteiger partial charge >= 0.3 is 5.97 Å². The van der Waals surface area contributed by atoms with Gasteiger partial charge in [0.2, 0.25) is 5.56 Å². The lowest BCUT2D eigenvalue weighted by atomic mass is 10.1. The Hall–Kier alpha value is -3.00. The van der Waals surface area contributed by atoms with Gasteiger partial charge in [-0.3, -0.25) is 9.59 Å². The Bertz CT molecular complexity index is 977. The van der Waals surface area contributed by atoms with E-state index in [2.05, 4.69) is 15.3 Å². The third-order valence-corrected chi connectivity index (χ3v) is 4.31. The minimum absolute atomic E-state index is 0.00737. The highest BCUT2D eigenvalue weighted by molar-refractivity contribution is 7.09. The normalized spacial score (nSPS) is 10.7. The monoisotopic (exact) mass is 343 g/mol. The van der Waals surface area contributed by atoms with Crippen molar-refractivity contribution >= 4 is 34.1 Å². The Kier molecular flexibility index (Phi) is 4.39. The van der Waals surface area contributed by atoms with Crippen molar-refractivity contribution in [3.63, 3.8) is 0 Å². The summed E-state index contributed by atoms with van der Waals surface area (Å²) in [6.45, 7) is 0.318. The van der Waals surface area contributed by atoms with Crippen LogP contribution in [0.25, 0.3) is 10.9 Å². The molecule has 0 aliphatic heterocycles. The minimum atomic E-state index is -1.07. The number of H-pyrrole nitrogens is 1. The molecule has 0 bridgehead atoms. The zero-order valence-electron chi connectivity index (χ0n) is 12.4. The highest BCUT2D eigenvalue weighted by Gasteiger charge is 2.12. The van der Waals surface area contributed by atoms with Gasteiger partial charge in [-0.05, 0) is 17.5 Å². The number of aromatic amines is 1.